The number of amides is 2. The molecular weight excluding hydrogens is 251 g/mol. The first-order valence-electron chi connectivity index (χ1n) is 5.96. The van der Waals surface area contributed by atoms with E-state index in [1.54, 1.807) is 0 Å². The van der Waals surface area contributed by atoms with Crippen molar-refractivity contribution in [1.82, 2.24) is 10.3 Å². The fraction of sp³-hybridized carbons (Fsp3) is 0.417. The molecule has 4 N–H and O–H groups in total. The Kier molecular flexibility index (Phi) is 5.23. The molecule has 0 aliphatic rings. The summed E-state index contributed by atoms with van der Waals surface area (Å²) < 4.78 is 14.0. The van der Waals surface area contributed by atoms with Crippen LogP contribution in [0.5, 0.6) is 0 Å². The molecule has 19 heavy (non-hydrogen) atoms. The van der Waals surface area contributed by atoms with Crippen LogP contribution in [0.4, 0.5) is 10.2 Å². The summed E-state index contributed by atoms with van der Waals surface area (Å²) in [6.07, 6.45) is 2.13. The maximum Gasteiger partial charge on any atom is 0.255 e. The predicted octanol–water partition coefficient (Wildman–Crippen LogP) is 0.646. The molecule has 0 aliphatic heterocycles. The average Bonchev–Trinajstić information content (AvgIpc) is 2.37. The van der Waals surface area contributed by atoms with E-state index >= 15 is 0 Å². The lowest BCUT2D eigenvalue weighted by atomic mass is 10.2. The molecule has 1 atom stereocenters. The van der Waals surface area contributed by atoms with E-state index < -0.39 is 23.7 Å². The lowest BCUT2D eigenvalue weighted by molar-refractivity contribution is -0.119. The molecule has 6 nitrogen and oxygen atoms in total. The van der Waals surface area contributed by atoms with Gasteiger partial charge in [-0.2, -0.15) is 0 Å². The first kappa shape index (κ1) is 14.9. The van der Waals surface area contributed by atoms with E-state index in [0.29, 0.717) is 6.54 Å². The molecule has 104 valence electrons. The lowest BCUT2D eigenvalue weighted by Crippen LogP contribution is -2.42. The van der Waals surface area contributed by atoms with Gasteiger partial charge in [0.25, 0.3) is 5.91 Å². The molecule has 1 aromatic heterocycles. The van der Waals surface area contributed by atoms with Crippen molar-refractivity contribution in [2.24, 2.45) is 5.73 Å². The van der Waals surface area contributed by atoms with Gasteiger partial charge in [0.05, 0.1) is 5.56 Å². The summed E-state index contributed by atoms with van der Waals surface area (Å²) in [6, 6.07) is 0.377. The Morgan fingerprint density at radius 3 is 2.79 bits per heavy atom. The van der Waals surface area contributed by atoms with Crippen molar-refractivity contribution in [2.45, 2.75) is 26.3 Å². The van der Waals surface area contributed by atoms with Crippen molar-refractivity contribution >= 4 is 17.6 Å². The minimum Gasteiger partial charge on any atom is -0.368 e. The van der Waals surface area contributed by atoms with Gasteiger partial charge in [0.1, 0.15) is 6.04 Å². The third-order valence-electron chi connectivity index (χ3n) is 2.45. The molecule has 0 saturated heterocycles. The number of nitrogens with zero attached hydrogens (tertiary/aromatic N) is 1. The van der Waals surface area contributed by atoms with Gasteiger partial charge in [0.15, 0.2) is 11.6 Å². The van der Waals surface area contributed by atoms with Crippen molar-refractivity contribution in [3.05, 3.63) is 23.6 Å². The minimum absolute atomic E-state index is 0.0150. The second kappa shape index (κ2) is 6.67. The second-order valence-corrected chi connectivity index (χ2v) is 4.05. The number of aromatic nitrogens is 1. The first-order chi connectivity index (χ1) is 8.97. The van der Waals surface area contributed by atoms with E-state index in [9.17, 15) is 14.0 Å². The number of anilines is 1. The van der Waals surface area contributed by atoms with E-state index in [4.69, 9.17) is 5.73 Å². The predicted molar refractivity (Wildman–Crippen MR) is 69.1 cm³/mol. The molecule has 2 amide bonds. The normalized spacial score (nSPS) is 11.7. The Morgan fingerprint density at radius 1 is 1.53 bits per heavy atom. The number of carbonyl (C=O) groups excluding carboxylic acids is 2. The van der Waals surface area contributed by atoms with Gasteiger partial charge in [-0.15, -0.1) is 0 Å². The highest BCUT2D eigenvalue weighted by Crippen LogP contribution is 2.15. The van der Waals surface area contributed by atoms with E-state index in [1.165, 1.54) is 19.2 Å². The summed E-state index contributed by atoms with van der Waals surface area (Å²) in [5.74, 6) is -2.12. The van der Waals surface area contributed by atoms with Crippen molar-refractivity contribution < 1.29 is 14.0 Å². The number of primary amides is 1. The van der Waals surface area contributed by atoms with Crippen LogP contribution in [-0.4, -0.2) is 29.4 Å². The van der Waals surface area contributed by atoms with E-state index in [2.05, 4.69) is 15.6 Å². The van der Waals surface area contributed by atoms with Crippen molar-refractivity contribution in [3.63, 3.8) is 0 Å². The topological polar surface area (TPSA) is 97.1 Å². The number of carbonyl (C=O) groups is 2. The maximum atomic E-state index is 14.0. The molecule has 0 fully saturated rings. The zero-order valence-corrected chi connectivity index (χ0v) is 10.9. The molecule has 1 rings (SSSR count). The minimum atomic E-state index is -0.868. The molecule has 1 unspecified atom stereocenters. The second-order valence-electron chi connectivity index (χ2n) is 4.05. The summed E-state index contributed by atoms with van der Waals surface area (Å²) in [6.45, 7) is 3.90. The lowest BCUT2D eigenvalue weighted by Gasteiger charge is -2.12. The number of nitrogens with two attached hydrogens (primary N) is 1. The van der Waals surface area contributed by atoms with Crippen LogP contribution in [0.25, 0.3) is 0 Å². The molecule has 0 spiro atoms. The highest BCUT2D eigenvalue weighted by molar-refractivity contribution is 5.97. The molecule has 0 bridgehead atoms. The first-order valence-corrected chi connectivity index (χ1v) is 5.96. The van der Waals surface area contributed by atoms with Gasteiger partial charge in [-0.3, -0.25) is 9.59 Å². The van der Waals surface area contributed by atoms with Crippen LogP contribution in [0.1, 0.15) is 30.6 Å². The number of nitrogens with one attached hydrogen (secondary N) is 2. The van der Waals surface area contributed by atoms with Gasteiger partial charge in [0.2, 0.25) is 5.91 Å². The van der Waals surface area contributed by atoms with Crippen LogP contribution in [0.3, 0.4) is 0 Å². The van der Waals surface area contributed by atoms with Crippen molar-refractivity contribution in [2.75, 3.05) is 11.9 Å². The SMILES string of the molecule is CCCNc1nccc(C(=O)NC(C)C(N)=O)c1F. The third-order valence-corrected chi connectivity index (χ3v) is 2.45. The average molecular weight is 268 g/mol. The Balaban J connectivity index is 2.88. The molecular formula is C12H17FN4O2. The van der Waals surface area contributed by atoms with Crippen LogP contribution in [0.15, 0.2) is 12.3 Å². The maximum absolute atomic E-state index is 14.0. The van der Waals surface area contributed by atoms with Gasteiger partial charge >= 0.3 is 0 Å². The molecule has 0 radical (unpaired) electrons. The van der Waals surface area contributed by atoms with Crippen LogP contribution in [0.2, 0.25) is 0 Å². The van der Waals surface area contributed by atoms with Crippen LogP contribution in [0, 0.1) is 5.82 Å². The van der Waals surface area contributed by atoms with Gasteiger partial charge in [0, 0.05) is 12.7 Å². The third kappa shape index (κ3) is 3.90. The Bertz CT molecular complexity index is 479. The Labute approximate surface area is 110 Å². The van der Waals surface area contributed by atoms with Crippen LogP contribution in [-0.2, 0) is 4.79 Å². The molecule has 1 aromatic rings. The van der Waals surface area contributed by atoms with Gasteiger partial charge < -0.3 is 16.4 Å². The monoisotopic (exact) mass is 268 g/mol. The van der Waals surface area contributed by atoms with Crippen LogP contribution >= 0.6 is 0 Å². The summed E-state index contributed by atoms with van der Waals surface area (Å²) >= 11 is 0. The zero-order valence-electron chi connectivity index (χ0n) is 10.9. The fourth-order valence-electron chi connectivity index (χ4n) is 1.33. The summed E-state index contributed by atoms with van der Waals surface area (Å²) in [5, 5.41) is 5.09. The Hall–Kier alpha value is -2.18. The summed E-state index contributed by atoms with van der Waals surface area (Å²) in [7, 11) is 0. The Morgan fingerprint density at radius 2 is 2.21 bits per heavy atom. The van der Waals surface area contributed by atoms with Gasteiger partial charge in [-0.05, 0) is 19.4 Å². The van der Waals surface area contributed by atoms with Crippen molar-refractivity contribution in [3.8, 4) is 0 Å². The zero-order chi connectivity index (χ0) is 14.4. The summed E-state index contributed by atoms with van der Waals surface area (Å²) in [5.41, 5.74) is 4.84. The van der Waals surface area contributed by atoms with Crippen molar-refractivity contribution in [1.29, 1.82) is 0 Å². The number of pyridine rings is 1. The number of halogens is 1. The smallest absolute Gasteiger partial charge is 0.255 e. The molecule has 0 aromatic carbocycles. The standard InChI is InChI=1S/C12H17FN4O2/c1-3-5-15-11-9(13)8(4-6-16-11)12(19)17-7(2)10(14)18/h4,6-7H,3,5H2,1-2H3,(H2,14,18)(H,15,16)(H,17,19). The largest absolute Gasteiger partial charge is 0.368 e. The molecule has 7 heteroatoms. The van der Waals surface area contributed by atoms with Gasteiger partial charge in [-0.25, -0.2) is 9.37 Å². The summed E-state index contributed by atoms with van der Waals surface area (Å²) in [4.78, 5) is 26.5. The quantitative estimate of drug-likeness (QED) is 0.705. The van der Waals surface area contributed by atoms with E-state index in [1.807, 2.05) is 6.92 Å². The molecule has 0 saturated carbocycles. The molecule has 0 aliphatic carbocycles. The van der Waals surface area contributed by atoms with E-state index in [0.717, 1.165) is 6.42 Å². The number of hydrogen-bond acceptors (Lipinski definition) is 4. The fourth-order valence-corrected chi connectivity index (χ4v) is 1.33. The number of hydrogen-bond donors (Lipinski definition) is 3. The van der Waals surface area contributed by atoms with Gasteiger partial charge in [-0.1, -0.05) is 6.92 Å². The van der Waals surface area contributed by atoms with E-state index in [-0.39, 0.29) is 11.4 Å². The number of rotatable bonds is 6. The van der Waals surface area contributed by atoms with Crippen LogP contribution < -0.4 is 16.4 Å². The highest BCUT2D eigenvalue weighted by Gasteiger charge is 2.19. The highest BCUT2D eigenvalue weighted by atomic mass is 19.1. The molecule has 1 heterocycles.